The fraction of sp³-hybridized carbons (Fsp3) is 0.400. The molecule has 1 aliphatic rings. The molecule has 3 rings (SSSR count). The Hall–Kier alpha value is -1.42. The largest absolute Gasteiger partial charge is 0.365 e. The third-order valence-corrected chi connectivity index (χ3v) is 4.62. The maximum absolute atomic E-state index is 13.4. The van der Waals surface area contributed by atoms with Crippen molar-refractivity contribution in [2.75, 3.05) is 27.2 Å². The summed E-state index contributed by atoms with van der Waals surface area (Å²) in [6, 6.07) is 15.3. The maximum Gasteiger partial charge on any atom is 0.123 e. The molecule has 2 aromatic carbocycles. The summed E-state index contributed by atoms with van der Waals surface area (Å²) in [6.45, 7) is 1.71. The number of fused-ring (bicyclic) bond motifs is 1. The van der Waals surface area contributed by atoms with Gasteiger partial charge in [-0.15, -0.1) is 12.4 Å². The molecule has 1 aliphatic heterocycles. The van der Waals surface area contributed by atoms with E-state index in [1.165, 1.54) is 23.3 Å². The van der Waals surface area contributed by atoms with Crippen molar-refractivity contribution >= 4 is 12.4 Å². The number of halogens is 2. The molecule has 1 atom stereocenters. The standard InChI is InChI=1S/C20H24FNO.ClH/c1-22(2)14-5-13-20(17-8-10-18(21)11-9-17)19-7-4-3-6-16(19)12-15-23-20;/h3-4,6-11H,5,12-15H2,1-2H3;1H. The Bertz CT molecular complexity index is 659. The molecule has 1 heterocycles. The van der Waals surface area contributed by atoms with Crippen molar-refractivity contribution in [2.24, 2.45) is 0 Å². The highest BCUT2D eigenvalue weighted by atomic mass is 35.5. The molecule has 0 amide bonds. The van der Waals surface area contributed by atoms with Gasteiger partial charge >= 0.3 is 0 Å². The minimum Gasteiger partial charge on any atom is -0.365 e. The van der Waals surface area contributed by atoms with Gasteiger partial charge in [-0.25, -0.2) is 4.39 Å². The summed E-state index contributed by atoms with van der Waals surface area (Å²) in [6.07, 6.45) is 2.86. The highest BCUT2D eigenvalue weighted by molar-refractivity contribution is 5.85. The van der Waals surface area contributed by atoms with E-state index in [9.17, 15) is 4.39 Å². The van der Waals surface area contributed by atoms with Crippen molar-refractivity contribution in [3.63, 3.8) is 0 Å². The van der Waals surface area contributed by atoms with Crippen molar-refractivity contribution in [1.29, 1.82) is 0 Å². The average molecular weight is 350 g/mol. The minimum atomic E-state index is -0.460. The Morgan fingerprint density at radius 2 is 1.79 bits per heavy atom. The topological polar surface area (TPSA) is 12.5 Å². The second kappa shape index (κ2) is 8.11. The van der Waals surface area contributed by atoms with E-state index in [-0.39, 0.29) is 18.2 Å². The molecule has 0 N–H and O–H groups in total. The number of rotatable bonds is 5. The van der Waals surface area contributed by atoms with Gasteiger partial charge in [-0.1, -0.05) is 36.4 Å². The summed E-state index contributed by atoms with van der Waals surface area (Å²) < 4.78 is 19.7. The van der Waals surface area contributed by atoms with Crippen LogP contribution in [0.4, 0.5) is 4.39 Å². The molecule has 0 fully saturated rings. The molecule has 2 aromatic rings. The zero-order valence-electron chi connectivity index (χ0n) is 14.3. The van der Waals surface area contributed by atoms with Crippen LogP contribution in [0.1, 0.15) is 29.5 Å². The summed E-state index contributed by atoms with van der Waals surface area (Å²) in [5, 5.41) is 0. The first kappa shape index (κ1) is 18.9. The van der Waals surface area contributed by atoms with E-state index in [0.717, 1.165) is 31.4 Å². The molecule has 0 radical (unpaired) electrons. The Balaban J connectivity index is 0.00000208. The van der Waals surface area contributed by atoms with Gasteiger partial charge in [-0.3, -0.25) is 0 Å². The molecule has 0 bridgehead atoms. The average Bonchev–Trinajstić information content (AvgIpc) is 2.55. The monoisotopic (exact) mass is 349 g/mol. The van der Waals surface area contributed by atoms with Gasteiger partial charge in [0.2, 0.25) is 0 Å². The van der Waals surface area contributed by atoms with Crippen LogP contribution in [-0.4, -0.2) is 32.1 Å². The number of hydrogen-bond acceptors (Lipinski definition) is 2. The Kier molecular flexibility index (Phi) is 6.39. The lowest BCUT2D eigenvalue weighted by molar-refractivity contribution is -0.0367. The molecule has 130 valence electrons. The number of ether oxygens (including phenoxy) is 1. The fourth-order valence-corrected chi connectivity index (χ4v) is 3.50. The second-order valence-electron chi connectivity index (χ2n) is 6.50. The van der Waals surface area contributed by atoms with Crippen LogP contribution >= 0.6 is 12.4 Å². The van der Waals surface area contributed by atoms with E-state index < -0.39 is 5.60 Å². The van der Waals surface area contributed by atoms with Crippen LogP contribution in [0.15, 0.2) is 48.5 Å². The van der Waals surface area contributed by atoms with E-state index in [2.05, 4.69) is 43.3 Å². The number of hydrogen-bond donors (Lipinski definition) is 0. The van der Waals surface area contributed by atoms with Crippen LogP contribution in [0.25, 0.3) is 0 Å². The van der Waals surface area contributed by atoms with E-state index in [1.807, 2.05) is 12.1 Å². The zero-order chi connectivity index (χ0) is 16.3. The van der Waals surface area contributed by atoms with Crippen LogP contribution in [-0.2, 0) is 16.8 Å². The lowest BCUT2D eigenvalue weighted by Gasteiger charge is -2.40. The van der Waals surface area contributed by atoms with E-state index in [0.29, 0.717) is 6.61 Å². The van der Waals surface area contributed by atoms with Gasteiger partial charge in [0, 0.05) is 0 Å². The van der Waals surface area contributed by atoms with E-state index in [1.54, 1.807) is 0 Å². The highest BCUT2D eigenvalue weighted by Crippen LogP contribution is 2.42. The van der Waals surface area contributed by atoms with Gasteiger partial charge in [0.05, 0.1) is 6.61 Å². The molecular weight excluding hydrogens is 325 g/mol. The van der Waals surface area contributed by atoms with Crippen molar-refractivity contribution in [2.45, 2.75) is 24.9 Å². The predicted molar refractivity (Wildman–Crippen MR) is 98.3 cm³/mol. The summed E-state index contributed by atoms with van der Waals surface area (Å²) in [5.41, 5.74) is 3.16. The molecule has 0 spiro atoms. The van der Waals surface area contributed by atoms with Crippen LogP contribution in [0.5, 0.6) is 0 Å². The smallest absolute Gasteiger partial charge is 0.123 e. The van der Waals surface area contributed by atoms with Crippen molar-refractivity contribution in [1.82, 2.24) is 4.90 Å². The Labute approximate surface area is 150 Å². The number of benzene rings is 2. The molecule has 4 heteroatoms. The molecule has 0 aromatic heterocycles. The third kappa shape index (κ3) is 3.80. The molecule has 0 saturated heterocycles. The molecule has 0 saturated carbocycles. The van der Waals surface area contributed by atoms with Gasteiger partial charge in [0.15, 0.2) is 0 Å². The Morgan fingerprint density at radius 1 is 1.08 bits per heavy atom. The first-order valence-electron chi connectivity index (χ1n) is 8.25. The lowest BCUT2D eigenvalue weighted by Crippen LogP contribution is -2.37. The second-order valence-corrected chi connectivity index (χ2v) is 6.50. The van der Waals surface area contributed by atoms with Crippen LogP contribution in [0.3, 0.4) is 0 Å². The zero-order valence-corrected chi connectivity index (χ0v) is 15.1. The maximum atomic E-state index is 13.4. The van der Waals surface area contributed by atoms with E-state index in [4.69, 9.17) is 4.74 Å². The molecule has 0 aliphatic carbocycles. The summed E-state index contributed by atoms with van der Waals surface area (Å²) in [4.78, 5) is 2.19. The minimum absolute atomic E-state index is 0. The van der Waals surface area contributed by atoms with Gasteiger partial charge in [0.25, 0.3) is 0 Å². The molecule has 1 unspecified atom stereocenters. The number of nitrogens with zero attached hydrogens (tertiary/aromatic N) is 1. The first-order valence-corrected chi connectivity index (χ1v) is 8.25. The van der Waals surface area contributed by atoms with Gasteiger partial charge in [-0.05, 0) is 68.7 Å². The van der Waals surface area contributed by atoms with Gasteiger partial charge in [-0.2, -0.15) is 0 Å². The lowest BCUT2D eigenvalue weighted by atomic mass is 9.78. The van der Waals surface area contributed by atoms with E-state index >= 15 is 0 Å². The quantitative estimate of drug-likeness (QED) is 0.793. The normalized spacial score (nSPS) is 19.7. The summed E-state index contributed by atoms with van der Waals surface area (Å²) in [5.74, 6) is -0.207. The summed E-state index contributed by atoms with van der Waals surface area (Å²) >= 11 is 0. The van der Waals surface area contributed by atoms with Crippen LogP contribution < -0.4 is 0 Å². The van der Waals surface area contributed by atoms with Crippen molar-refractivity contribution in [3.05, 3.63) is 71.0 Å². The van der Waals surface area contributed by atoms with Crippen LogP contribution in [0, 0.1) is 5.82 Å². The van der Waals surface area contributed by atoms with Crippen LogP contribution in [0.2, 0.25) is 0 Å². The van der Waals surface area contributed by atoms with Crippen molar-refractivity contribution in [3.8, 4) is 0 Å². The first-order chi connectivity index (χ1) is 11.1. The SMILES string of the molecule is CN(C)CCCC1(c2ccc(F)cc2)OCCc2ccccc21.Cl. The van der Waals surface area contributed by atoms with Crippen molar-refractivity contribution < 1.29 is 9.13 Å². The third-order valence-electron chi connectivity index (χ3n) is 4.62. The predicted octanol–water partition coefficient (Wildman–Crippen LogP) is 4.41. The fourth-order valence-electron chi connectivity index (χ4n) is 3.50. The highest BCUT2D eigenvalue weighted by Gasteiger charge is 2.39. The molecular formula is C20H25ClFNO. The van der Waals surface area contributed by atoms with Gasteiger partial charge < -0.3 is 9.64 Å². The van der Waals surface area contributed by atoms with Gasteiger partial charge in [0.1, 0.15) is 11.4 Å². The summed E-state index contributed by atoms with van der Waals surface area (Å²) in [7, 11) is 4.17. The Morgan fingerprint density at radius 3 is 2.50 bits per heavy atom. The molecule has 2 nitrogen and oxygen atoms in total. The molecule has 24 heavy (non-hydrogen) atoms.